The molecule has 2 rings (SSSR count). The molecule has 0 saturated carbocycles. The van der Waals surface area contributed by atoms with E-state index in [1.165, 1.54) is 24.3 Å². The van der Waals surface area contributed by atoms with Crippen molar-refractivity contribution in [2.24, 2.45) is 0 Å². The molecule has 146 valence electrons. The molecule has 1 atom stereocenters. The lowest BCUT2D eigenvalue weighted by Crippen LogP contribution is -2.40. The summed E-state index contributed by atoms with van der Waals surface area (Å²) in [4.78, 5) is 12.0. The van der Waals surface area contributed by atoms with Crippen LogP contribution in [0.3, 0.4) is 0 Å². The van der Waals surface area contributed by atoms with Gasteiger partial charge in [-0.05, 0) is 69.7 Å². The van der Waals surface area contributed by atoms with Gasteiger partial charge in [-0.25, -0.2) is 8.42 Å². The number of benzene rings is 2. The molecule has 0 bridgehead atoms. The normalized spacial score (nSPS) is 12.5. The van der Waals surface area contributed by atoms with Gasteiger partial charge in [0.05, 0.1) is 10.6 Å². The Morgan fingerprint density at radius 2 is 1.70 bits per heavy atom. The van der Waals surface area contributed by atoms with Gasteiger partial charge in [0.15, 0.2) is 6.10 Å². The van der Waals surface area contributed by atoms with Gasteiger partial charge in [-0.1, -0.05) is 17.7 Å². The number of aryl methyl sites for hydroxylation is 1. The third-order valence-corrected chi connectivity index (χ3v) is 5.48. The zero-order valence-corrected chi connectivity index (χ0v) is 17.2. The maximum Gasteiger partial charge on any atom is 0.261 e. The van der Waals surface area contributed by atoms with E-state index in [0.29, 0.717) is 16.5 Å². The molecule has 27 heavy (non-hydrogen) atoms. The number of ether oxygens (including phenoxy) is 1. The van der Waals surface area contributed by atoms with Gasteiger partial charge in [-0.15, -0.1) is 0 Å². The number of rotatable bonds is 7. The predicted octanol–water partition coefficient (Wildman–Crippen LogP) is 3.74. The molecular weight excluding hydrogens is 388 g/mol. The van der Waals surface area contributed by atoms with Crippen LogP contribution in [0.1, 0.15) is 26.3 Å². The third kappa shape index (κ3) is 5.87. The van der Waals surface area contributed by atoms with Crippen LogP contribution in [0.5, 0.6) is 5.75 Å². The zero-order valence-electron chi connectivity index (χ0n) is 15.6. The summed E-state index contributed by atoms with van der Waals surface area (Å²) in [6, 6.07) is 10.8. The first-order chi connectivity index (χ1) is 12.6. The number of carbonyl (C=O) groups excluding carboxylic acids is 1. The first kappa shape index (κ1) is 21.1. The van der Waals surface area contributed by atoms with E-state index in [2.05, 4.69) is 10.0 Å². The van der Waals surface area contributed by atoms with Gasteiger partial charge in [0.2, 0.25) is 0 Å². The Kier molecular flexibility index (Phi) is 6.73. The van der Waals surface area contributed by atoms with Gasteiger partial charge in [0.25, 0.3) is 15.9 Å². The summed E-state index contributed by atoms with van der Waals surface area (Å²) in [6.45, 7) is 7.18. The number of amides is 1. The van der Waals surface area contributed by atoms with E-state index in [0.717, 1.165) is 5.56 Å². The molecule has 0 aliphatic rings. The van der Waals surface area contributed by atoms with Crippen molar-refractivity contribution in [3.8, 4) is 5.75 Å². The molecule has 0 fully saturated rings. The monoisotopic (exact) mass is 410 g/mol. The lowest BCUT2D eigenvalue weighted by molar-refractivity contribution is -0.127. The van der Waals surface area contributed by atoms with Crippen LogP contribution in [0.15, 0.2) is 47.4 Å². The Balaban J connectivity index is 2.08. The van der Waals surface area contributed by atoms with Crippen molar-refractivity contribution in [2.45, 2.75) is 44.7 Å². The van der Waals surface area contributed by atoms with Gasteiger partial charge in [0, 0.05) is 11.1 Å². The molecular formula is C19H23ClN2O4S. The van der Waals surface area contributed by atoms with Gasteiger partial charge < -0.3 is 10.1 Å². The third-order valence-electron chi connectivity index (χ3n) is 3.67. The fourth-order valence-electron chi connectivity index (χ4n) is 2.23. The number of nitrogens with one attached hydrogen (secondary N) is 2. The molecule has 0 aliphatic carbocycles. The first-order valence-electron chi connectivity index (χ1n) is 8.44. The van der Waals surface area contributed by atoms with Crippen LogP contribution in [-0.4, -0.2) is 26.5 Å². The van der Waals surface area contributed by atoms with Crippen LogP contribution in [0.2, 0.25) is 5.02 Å². The van der Waals surface area contributed by atoms with Crippen molar-refractivity contribution in [3.63, 3.8) is 0 Å². The fourth-order valence-corrected chi connectivity index (χ4v) is 3.46. The number of sulfonamides is 1. The molecule has 0 spiro atoms. The maximum atomic E-state index is 12.5. The molecule has 8 heteroatoms. The number of halogens is 1. The summed E-state index contributed by atoms with van der Waals surface area (Å²) in [5, 5.41) is 3.23. The second-order valence-corrected chi connectivity index (χ2v) is 8.55. The quantitative estimate of drug-likeness (QED) is 0.728. The zero-order chi connectivity index (χ0) is 20.2. The number of hydrogen-bond donors (Lipinski definition) is 2. The van der Waals surface area contributed by atoms with E-state index >= 15 is 0 Å². The molecule has 2 aromatic rings. The molecule has 2 N–H and O–H groups in total. The Bertz CT molecular complexity index is 912. The van der Waals surface area contributed by atoms with Crippen LogP contribution < -0.4 is 14.8 Å². The molecule has 0 saturated heterocycles. The molecule has 0 heterocycles. The largest absolute Gasteiger partial charge is 0.481 e. The summed E-state index contributed by atoms with van der Waals surface area (Å²) < 4.78 is 33.0. The molecule has 6 nitrogen and oxygen atoms in total. The molecule has 2 aromatic carbocycles. The Morgan fingerprint density at radius 1 is 1.07 bits per heavy atom. The second-order valence-electron chi connectivity index (χ2n) is 6.46. The molecule has 0 unspecified atom stereocenters. The van der Waals surface area contributed by atoms with Crippen molar-refractivity contribution in [2.75, 3.05) is 4.72 Å². The Morgan fingerprint density at radius 3 is 2.26 bits per heavy atom. The lowest BCUT2D eigenvalue weighted by Gasteiger charge is -2.16. The second kappa shape index (κ2) is 8.63. The minimum absolute atomic E-state index is 0.0115. The molecule has 0 aromatic heterocycles. The predicted molar refractivity (Wildman–Crippen MR) is 107 cm³/mol. The van der Waals surface area contributed by atoms with Crippen LogP contribution in [0, 0.1) is 6.92 Å². The van der Waals surface area contributed by atoms with Gasteiger partial charge in [-0.3, -0.25) is 9.52 Å². The highest BCUT2D eigenvalue weighted by Crippen LogP contribution is 2.23. The number of anilines is 1. The van der Waals surface area contributed by atoms with Crippen LogP contribution in [0.4, 0.5) is 5.69 Å². The Hall–Kier alpha value is -2.25. The summed E-state index contributed by atoms with van der Waals surface area (Å²) in [5.74, 6) is 0.165. The van der Waals surface area contributed by atoms with Crippen LogP contribution in [-0.2, 0) is 14.8 Å². The topological polar surface area (TPSA) is 84.5 Å². The maximum absolute atomic E-state index is 12.5. The van der Waals surface area contributed by atoms with Crippen LogP contribution in [0.25, 0.3) is 0 Å². The standard InChI is InChI=1S/C19H23ClN2O4S/c1-12(2)21-19(23)14(4)26-16-7-9-17(10-8-16)27(24,25)22-15-6-5-13(3)18(20)11-15/h5-12,14,22H,1-4H3,(H,21,23)/t14-/m1/s1. The summed E-state index contributed by atoms with van der Waals surface area (Å²) >= 11 is 6.03. The number of carbonyl (C=O) groups is 1. The van der Waals surface area contributed by atoms with Crippen molar-refractivity contribution < 1.29 is 17.9 Å². The van der Waals surface area contributed by atoms with Gasteiger partial charge in [0.1, 0.15) is 5.75 Å². The molecule has 0 aliphatic heterocycles. The van der Waals surface area contributed by atoms with Crippen molar-refractivity contribution in [1.29, 1.82) is 0 Å². The highest BCUT2D eigenvalue weighted by molar-refractivity contribution is 7.92. The molecule has 1 amide bonds. The van der Waals surface area contributed by atoms with Crippen molar-refractivity contribution in [1.82, 2.24) is 5.32 Å². The van der Waals surface area contributed by atoms with Gasteiger partial charge >= 0.3 is 0 Å². The van der Waals surface area contributed by atoms with E-state index in [9.17, 15) is 13.2 Å². The smallest absolute Gasteiger partial charge is 0.261 e. The average Bonchev–Trinajstić information content (AvgIpc) is 2.58. The van der Waals surface area contributed by atoms with Crippen LogP contribution >= 0.6 is 11.6 Å². The van der Waals surface area contributed by atoms with Gasteiger partial charge in [-0.2, -0.15) is 0 Å². The highest BCUT2D eigenvalue weighted by Gasteiger charge is 2.17. The number of hydrogen-bond acceptors (Lipinski definition) is 4. The van der Waals surface area contributed by atoms with Crippen molar-refractivity contribution in [3.05, 3.63) is 53.1 Å². The SMILES string of the molecule is Cc1ccc(NS(=O)(=O)c2ccc(O[C@H](C)C(=O)NC(C)C)cc2)cc1Cl. The van der Waals surface area contributed by atoms with Crippen molar-refractivity contribution >= 4 is 33.2 Å². The minimum Gasteiger partial charge on any atom is -0.481 e. The fraction of sp³-hybridized carbons (Fsp3) is 0.316. The van der Waals surface area contributed by atoms with E-state index < -0.39 is 16.1 Å². The van der Waals surface area contributed by atoms with E-state index in [1.807, 2.05) is 20.8 Å². The Labute approximate surface area is 164 Å². The summed E-state index contributed by atoms with van der Waals surface area (Å²) in [5.41, 5.74) is 1.24. The van der Waals surface area contributed by atoms with E-state index in [4.69, 9.17) is 16.3 Å². The highest BCUT2D eigenvalue weighted by atomic mass is 35.5. The van der Waals surface area contributed by atoms with E-state index in [-0.39, 0.29) is 16.8 Å². The average molecular weight is 411 g/mol. The summed E-state index contributed by atoms with van der Waals surface area (Å²) in [7, 11) is -3.76. The first-order valence-corrected chi connectivity index (χ1v) is 10.3. The van der Waals surface area contributed by atoms with E-state index in [1.54, 1.807) is 25.1 Å². The minimum atomic E-state index is -3.76. The molecule has 0 radical (unpaired) electrons. The lowest BCUT2D eigenvalue weighted by atomic mass is 10.2. The summed E-state index contributed by atoms with van der Waals surface area (Å²) in [6.07, 6.45) is -0.692.